The first-order valence-electron chi connectivity index (χ1n) is 5.01. The SMILES string of the molecule is C=CC[Si](C)(C)O[C@@H](C=C)/C(C)=C/C. The van der Waals surface area contributed by atoms with Crippen LogP contribution in [0, 0.1) is 0 Å². The Morgan fingerprint density at radius 3 is 2.36 bits per heavy atom. The Balaban J connectivity index is 4.45. The van der Waals surface area contributed by atoms with Gasteiger partial charge in [-0.05, 0) is 38.6 Å². The molecule has 0 aromatic rings. The summed E-state index contributed by atoms with van der Waals surface area (Å²) in [6.45, 7) is 16.1. The summed E-state index contributed by atoms with van der Waals surface area (Å²) in [4.78, 5) is 0. The molecule has 0 rings (SSSR count). The molecule has 0 aliphatic carbocycles. The molecule has 80 valence electrons. The third kappa shape index (κ3) is 4.58. The fourth-order valence-corrected chi connectivity index (χ4v) is 2.99. The monoisotopic (exact) mass is 210 g/mol. The molecule has 0 aliphatic rings. The Bertz CT molecular complexity index is 228. The zero-order chi connectivity index (χ0) is 11.2. The van der Waals surface area contributed by atoms with Gasteiger partial charge < -0.3 is 4.43 Å². The zero-order valence-corrected chi connectivity index (χ0v) is 10.8. The maximum absolute atomic E-state index is 6.06. The van der Waals surface area contributed by atoms with Crippen LogP contribution < -0.4 is 0 Å². The van der Waals surface area contributed by atoms with Crippen LogP contribution in [0.3, 0.4) is 0 Å². The van der Waals surface area contributed by atoms with E-state index in [0.29, 0.717) is 0 Å². The molecule has 0 saturated heterocycles. The zero-order valence-electron chi connectivity index (χ0n) is 9.84. The summed E-state index contributed by atoms with van der Waals surface area (Å²) in [5.41, 5.74) is 1.23. The van der Waals surface area contributed by atoms with E-state index < -0.39 is 8.32 Å². The van der Waals surface area contributed by atoms with Gasteiger partial charge in [-0.3, -0.25) is 0 Å². The van der Waals surface area contributed by atoms with E-state index in [4.69, 9.17) is 4.43 Å². The molecule has 0 aliphatic heterocycles. The van der Waals surface area contributed by atoms with Crippen molar-refractivity contribution in [3.63, 3.8) is 0 Å². The molecule has 1 nitrogen and oxygen atoms in total. The van der Waals surface area contributed by atoms with Gasteiger partial charge in [0.1, 0.15) is 0 Å². The maximum Gasteiger partial charge on any atom is 0.191 e. The molecule has 2 heteroatoms. The van der Waals surface area contributed by atoms with Gasteiger partial charge in [-0.15, -0.1) is 13.2 Å². The lowest BCUT2D eigenvalue weighted by atomic mass is 10.2. The predicted octanol–water partition coefficient (Wildman–Crippen LogP) is 3.91. The first kappa shape index (κ1) is 13.4. The molecular formula is C12H22OSi. The van der Waals surface area contributed by atoms with Crippen LogP contribution in [0.2, 0.25) is 19.1 Å². The summed E-state index contributed by atoms with van der Waals surface area (Å²) in [6, 6.07) is 0.980. The molecule has 0 amide bonds. The number of hydrogen-bond acceptors (Lipinski definition) is 1. The smallest absolute Gasteiger partial charge is 0.191 e. The van der Waals surface area contributed by atoms with Crippen molar-refractivity contribution >= 4 is 8.32 Å². The summed E-state index contributed by atoms with van der Waals surface area (Å²) in [5, 5.41) is 0. The molecule has 0 saturated carbocycles. The van der Waals surface area contributed by atoms with Crippen molar-refractivity contribution < 1.29 is 4.43 Å². The highest BCUT2D eigenvalue weighted by Gasteiger charge is 2.24. The first-order valence-corrected chi connectivity index (χ1v) is 8.12. The molecule has 1 atom stereocenters. The molecule has 0 aromatic heterocycles. The van der Waals surface area contributed by atoms with Crippen molar-refractivity contribution in [2.75, 3.05) is 0 Å². The minimum Gasteiger partial charge on any atom is -0.407 e. The third-order valence-corrected chi connectivity index (χ3v) is 4.36. The van der Waals surface area contributed by atoms with E-state index >= 15 is 0 Å². The molecule has 0 bridgehead atoms. The highest BCUT2D eigenvalue weighted by atomic mass is 28.4. The lowest BCUT2D eigenvalue weighted by molar-refractivity contribution is 0.275. The predicted molar refractivity (Wildman–Crippen MR) is 67.0 cm³/mol. The fourth-order valence-electron chi connectivity index (χ4n) is 1.23. The molecular weight excluding hydrogens is 188 g/mol. The highest BCUT2D eigenvalue weighted by molar-refractivity contribution is 6.71. The first-order chi connectivity index (χ1) is 6.46. The maximum atomic E-state index is 6.06. The van der Waals surface area contributed by atoms with Crippen molar-refractivity contribution in [3.8, 4) is 0 Å². The van der Waals surface area contributed by atoms with Gasteiger partial charge in [0.25, 0.3) is 0 Å². The van der Waals surface area contributed by atoms with E-state index in [-0.39, 0.29) is 6.10 Å². The molecule has 0 aromatic carbocycles. The van der Waals surface area contributed by atoms with Gasteiger partial charge in [-0.1, -0.05) is 18.2 Å². The van der Waals surface area contributed by atoms with Crippen LogP contribution in [-0.2, 0) is 4.43 Å². The molecule has 0 spiro atoms. The van der Waals surface area contributed by atoms with E-state index in [0.717, 1.165) is 6.04 Å². The topological polar surface area (TPSA) is 9.23 Å². The summed E-state index contributed by atoms with van der Waals surface area (Å²) in [7, 11) is -1.60. The number of hydrogen-bond donors (Lipinski definition) is 0. The molecule has 0 radical (unpaired) electrons. The minimum absolute atomic E-state index is 0.0709. The summed E-state index contributed by atoms with van der Waals surface area (Å²) >= 11 is 0. The molecule has 0 N–H and O–H groups in total. The van der Waals surface area contributed by atoms with Crippen LogP contribution in [0.25, 0.3) is 0 Å². The lowest BCUT2D eigenvalue weighted by Gasteiger charge is -2.27. The highest BCUT2D eigenvalue weighted by Crippen LogP contribution is 2.18. The van der Waals surface area contributed by atoms with Crippen LogP contribution in [0.5, 0.6) is 0 Å². The van der Waals surface area contributed by atoms with Gasteiger partial charge in [0.05, 0.1) is 6.10 Å². The van der Waals surface area contributed by atoms with Gasteiger partial charge in [0.15, 0.2) is 8.32 Å². The van der Waals surface area contributed by atoms with Crippen molar-refractivity contribution in [3.05, 3.63) is 37.0 Å². The molecule has 0 fully saturated rings. The second kappa shape index (κ2) is 5.99. The Kier molecular flexibility index (Phi) is 5.73. The second-order valence-electron chi connectivity index (χ2n) is 4.06. The summed E-state index contributed by atoms with van der Waals surface area (Å²) < 4.78 is 6.06. The van der Waals surface area contributed by atoms with Gasteiger partial charge >= 0.3 is 0 Å². The number of allylic oxidation sites excluding steroid dienone is 2. The summed E-state index contributed by atoms with van der Waals surface area (Å²) in [6.07, 6.45) is 5.96. The normalized spacial score (nSPS) is 15.0. The van der Waals surface area contributed by atoms with Crippen LogP contribution in [0.4, 0.5) is 0 Å². The molecule has 0 heterocycles. The van der Waals surface area contributed by atoms with Crippen LogP contribution in [0.15, 0.2) is 37.0 Å². The molecule has 14 heavy (non-hydrogen) atoms. The van der Waals surface area contributed by atoms with Crippen LogP contribution in [-0.4, -0.2) is 14.4 Å². The van der Waals surface area contributed by atoms with E-state index in [9.17, 15) is 0 Å². The van der Waals surface area contributed by atoms with Gasteiger partial charge in [-0.2, -0.15) is 0 Å². The average molecular weight is 210 g/mol. The Morgan fingerprint density at radius 1 is 1.43 bits per heavy atom. The summed E-state index contributed by atoms with van der Waals surface area (Å²) in [5.74, 6) is 0. The van der Waals surface area contributed by atoms with E-state index in [2.05, 4.69) is 39.3 Å². The van der Waals surface area contributed by atoms with Crippen molar-refractivity contribution in [2.24, 2.45) is 0 Å². The largest absolute Gasteiger partial charge is 0.407 e. The second-order valence-corrected chi connectivity index (χ2v) is 8.22. The van der Waals surface area contributed by atoms with E-state index in [1.54, 1.807) is 0 Å². The molecule has 0 unspecified atom stereocenters. The fraction of sp³-hybridized carbons (Fsp3) is 0.500. The van der Waals surface area contributed by atoms with E-state index in [1.807, 2.05) is 19.1 Å². The van der Waals surface area contributed by atoms with Gasteiger partial charge in [-0.25, -0.2) is 0 Å². The third-order valence-electron chi connectivity index (χ3n) is 2.20. The average Bonchev–Trinajstić information content (AvgIpc) is 2.13. The minimum atomic E-state index is -1.60. The van der Waals surface area contributed by atoms with Crippen LogP contribution in [0.1, 0.15) is 13.8 Å². The van der Waals surface area contributed by atoms with Crippen molar-refractivity contribution in [1.82, 2.24) is 0 Å². The lowest BCUT2D eigenvalue weighted by Crippen LogP contribution is -2.34. The Labute approximate surface area is 89.3 Å². The Hall–Kier alpha value is -0.603. The van der Waals surface area contributed by atoms with Crippen molar-refractivity contribution in [2.45, 2.75) is 39.1 Å². The van der Waals surface area contributed by atoms with Gasteiger partial charge in [0, 0.05) is 0 Å². The van der Waals surface area contributed by atoms with Crippen molar-refractivity contribution in [1.29, 1.82) is 0 Å². The number of rotatable bonds is 6. The van der Waals surface area contributed by atoms with Gasteiger partial charge in [0.2, 0.25) is 0 Å². The van der Waals surface area contributed by atoms with Crippen LogP contribution >= 0.6 is 0 Å². The standard InChI is InChI=1S/C12H22OSi/c1-7-10-14(5,6)13-12(9-3)11(4)8-2/h7-9,12H,1,3,10H2,2,4-6H3/b11-8+/t12-/m0/s1. The van der Waals surface area contributed by atoms with E-state index in [1.165, 1.54) is 5.57 Å². The Morgan fingerprint density at radius 2 is 2.00 bits per heavy atom. The quantitative estimate of drug-likeness (QED) is 0.477.